The number of likely N-dealkylation sites (tertiary alicyclic amines) is 1. The molecule has 0 N–H and O–H groups in total. The maximum atomic E-state index is 13.1. The van der Waals surface area contributed by atoms with E-state index in [1.165, 1.54) is 6.26 Å². The topological polar surface area (TPSA) is 85.1 Å². The summed E-state index contributed by atoms with van der Waals surface area (Å²) in [5.74, 6) is -1.09. The number of aromatic nitrogens is 1. The van der Waals surface area contributed by atoms with Crippen LogP contribution >= 0.6 is 0 Å². The number of nitrogens with zero attached hydrogens (tertiary/aromatic N) is 3. The lowest BCUT2D eigenvalue weighted by Crippen LogP contribution is -2.44. The number of carbonyl (C=O) groups excluding carboxylic acids is 2. The van der Waals surface area contributed by atoms with E-state index >= 15 is 0 Å². The molecule has 4 heterocycles. The van der Waals surface area contributed by atoms with Gasteiger partial charge in [-0.3, -0.25) is 9.59 Å². The predicted octanol–water partition coefficient (Wildman–Crippen LogP) is 0.452. The highest BCUT2D eigenvalue weighted by atomic mass is 16.5. The van der Waals surface area contributed by atoms with E-state index < -0.39 is 17.4 Å². The van der Waals surface area contributed by atoms with E-state index in [-0.39, 0.29) is 17.9 Å². The number of ether oxygens (including phenoxy) is 2. The van der Waals surface area contributed by atoms with Gasteiger partial charge in [0.05, 0.1) is 37.6 Å². The molecule has 4 rings (SSSR count). The van der Waals surface area contributed by atoms with Crippen LogP contribution < -0.4 is 0 Å². The Labute approximate surface area is 151 Å². The fourth-order valence-corrected chi connectivity index (χ4v) is 4.26. The van der Waals surface area contributed by atoms with Gasteiger partial charge in [-0.25, -0.2) is 0 Å². The minimum atomic E-state index is -0.678. The maximum absolute atomic E-state index is 13.1. The number of rotatable bonds is 7. The number of carbonyl (C=O) groups is 2. The van der Waals surface area contributed by atoms with Gasteiger partial charge in [-0.05, 0) is 6.92 Å². The fourth-order valence-electron chi connectivity index (χ4n) is 4.26. The van der Waals surface area contributed by atoms with Crippen LogP contribution in [0.5, 0.6) is 0 Å². The number of fused-ring (bicyclic) bond motifs is 1. The van der Waals surface area contributed by atoms with E-state index in [2.05, 4.69) is 5.16 Å². The summed E-state index contributed by atoms with van der Waals surface area (Å²) in [6.07, 6.45) is 5.01. The molecule has 8 nitrogen and oxygen atoms in total. The molecule has 2 bridgehead atoms. The maximum Gasteiger partial charge on any atom is 0.230 e. The van der Waals surface area contributed by atoms with Gasteiger partial charge in [0, 0.05) is 26.3 Å². The first-order chi connectivity index (χ1) is 12.6. The van der Waals surface area contributed by atoms with E-state index in [4.69, 9.17) is 14.0 Å². The molecule has 26 heavy (non-hydrogen) atoms. The van der Waals surface area contributed by atoms with E-state index in [1.807, 2.05) is 19.1 Å². The molecule has 1 aromatic heterocycles. The number of hydrogen-bond donors (Lipinski definition) is 0. The van der Waals surface area contributed by atoms with Crippen LogP contribution in [0.15, 0.2) is 29.0 Å². The van der Waals surface area contributed by atoms with Crippen molar-refractivity contribution in [3.05, 3.63) is 30.2 Å². The Kier molecular flexibility index (Phi) is 4.32. The molecule has 140 valence electrons. The summed E-state index contributed by atoms with van der Waals surface area (Å²) >= 11 is 0. The molecule has 2 fully saturated rings. The minimum absolute atomic E-state index is 0.0234. The Morgan fingerprint density at radius 1 is 1.54 bits per heavy atom. The minimum Gasteiger partial charge on any atom is -0.380 e. The van der Waals surface area contributed by atoms with Gasteiger partial charge in [0.25, 0.3) is 0 Å². The van der Waals surface area contributed by atoms with Crippen molar-refractivity contribution < 1.29 is 23.6 Å². The van der Waals surface area contributed by atoms with Gasteiger partial charge in [0.15, 0.2) is 0 Å². The molecule has 1 aromatic rings. The van der Waals surface area contributed by atoms with Crippen molar-refractivity contribution in [2.75, 3.05) is 33.4 Å². The lowest BCUT2D eigenvalue weighted by molar-refractivity contribution is -0.143. The highest BCUT2D eigenvalue weighted by Gasteiger charge is 2.66. The molecule has 3 aliphatic rings. The van der Waals surface area contributed by atoms with E-state index in [9.17, 15) is 9.59 Å². The highest BCUT2D eigenvalue weighted by Crippen LogP contribution is 2.52. The summed E-state index contributed by atoms with van der Waals surface area (Å²) in [4.78, 5) is 29.4. The van der Waals surface area contributed by atoms with Crippen molar-refractivity contribution >= 4 is 11.8 Å². The summed E-state index contributed by atoms with van der Waals surface area (Å²) in [5, 5.41) is 3.84. The Balaban J connectivity index is 1.50. The van der Waals surface area contributed by atoms with Crippen molar-refractivity contribution in [2.45, 2.75) is 25.2 Å². The van der Waals surface area contributed by atoms with Crippen molar-refractivity contribution in [1.29, 1.82) is 0 Å². The second-order valence-corrected chi connectivity index (χ2v) is 7.04. The van der Waals surface area contributed by atoms with Gasteiger partial charge in [-0.1, -0.05) is 17.3 Å². The molecule has 0 radical (unpaired) electrons. The van der Waals surface area contributed by atoms with Crippen molar-refractivity contribution in [3.63, 3.8) is 0 Å². The molecule has 0 aliphatic carbocycles. The Morgan fingerprint density at radius 2 is 2.38 bits per heavy atom. The monoisotopic (exact) mass is 361 g/mol. The summed E-state index contributed by atoms with van der Waals surface area (Å²) in [6, 6.07) is 1.72. The molecular formula is C18H23N3O5. The molecule has 0 saturated carbocycles. The molecule has 0 unspecified atom stereocenters. The molecule has 2 saturated heterocycles. The van der Waals surface area contributed by atoms with Crippen LogP contribution in [0.25, 0.3) is 0 Å². The van der Waals surface area contributed by atoms with Gasteiger partial charge in [0.2, 0.25) is 11.8 Å². The number of amides is 2. The first-order valence-corrected chi connectivity index (χ1v) is 8.93. The van der Waals surface area contributed by atoms with Gasteiger partial charge in [0.1, 0.15) is 17.6 Å². The zero-order valence-corrected chi connectivity index (χ0v) is 15.0. The average Bonchev–Trinajstić information content (AvgIpc) is 3.38. The van der Waals surface area contributed by atoms with Crippen molar-refractivity contribution in [3.8, 4) is 0 Å². The third kappa shape index (κ3) is 2.64. The Morgan fingerprint density at radius 3 is 3.12 bits per heavy atom. The smallest absolute Gasteiger partial charge is 0.230 e. The second kappa shape index (κ2) is 6.51. The van der Waals surface area contributed by atoms with Crippen LogP contribution in [-0.4, -0.2) is 71.8 Å². The Hall–Kier alpha value is -2.19. The van der Waals surface area contributed by atoms with Gasteiger partial charge in [-0.2, -0.15) is 0 Å². The van der Waals surface area contributed by atoms with Crippen LogP contribution in [0.1, 0.15) is 12.6 Å². The molecule has 4 atom stereocenters. The van der Waals surface area contributed by atoms with Gasteiger partial charge < -0.3 is 23.8 Å². The third-order valence-electron chi connectivity index (χ3n) is 5.44. The lowest BCUT2D eigenvalue weighted by Gasteiger charge is -2.27. The fraction of sp³-hybridized carbons (Fsp3) is 0.611. The summed E-state index contributed by atoms with van der Waals surface area (Å²) in [5.41, 5.74) is -0.00509. The SMILES string of the molecule is CCOCCN1C[C@]23C=C[C@H](O2)[C@H](C(=O)N(C)Cc2ccon2)[C@H]3C1=O. The summed E-state index contributed by atoms with van der Waals surface area (Å²) < 4.78 is 16.3. The van der Waals surface area contributed by atoms with Crippen LogP contribution in [0, 0.1) is 11.8 Å². The quantitative estimate of drug-likeness (QED) is 0.518. The van der Waals surface area contributed by atoms with Crippen molar-refractivity contribution in [2.24, 2.45) is 11.8 Å². The van der Waals surface area contributed by atoms with Crippen LogP contribution in [0.4, 0.5) is 0 Å². The second-order valence-electron chi connectivity index (χ2n) is 7.04. The first kappa shape index (κ1) is 17.2. The van der Waals surface area contributed by atoms with E-state index in [0.29, 0.717) is 38.5 Å². The van der Waals surface area contributed by atoms with Crippen molar-refractivity contribution in [1.82, 2.24) is 15.0 Å². The standard InChI is InChI=1S/C18H23N3O5/c1-3-24-9-7-21-11-18-6-4-13(26-18)14(15(18)17(21)23)16(22)20(2)10-12-5-8-25-19-12/h4-6,8,13-15H,3,7,9-11H2,1-2H3/t13-,14-,15-,18-/m0/s1. The molecule has 2 amide bonds. The molecule has 3 aliphatic heterocycles. The molecule has 1 spiro atoms. The third-order valence-corrected chi connectivity index (χ3v) is 5.44. The normalized spacial score (nSPS) is 31.7. The largest absolute Gasteiger partial charge is 0.380 e. The zero-order chi connectivity index (χ0) is 18.3. The van der Waals surface area contributed by atoms with E-state index in [0.717, 1.165) is 0 Å². The predicted molar refractivity (Wildman–Crippen MR) is 89.8 cm³/mol. The number of hydrogen-bond acceptors (Lipinski definition) is 6. The van der Waals surface area contributed by atoms with E-state index in [1.54, 1.807) is 22.9 Å². The first-order valence-electron chi connectivity index (χ1n) is 8.93. The molecular weight excluding hydrogens is 338 g/mol. The van der Waals surface area contributed by atoms with Crippen LogP contribution in [-0.2, 0) is 25.6 Å². The lowest BCUT2D eigenvalue weighted by atomic mass is 9.76. The molecule has 0 aromatic carbocycles. The molecule has 8 heteroatoms. The van der Waals surface area contributed by atoms with Crippen LogP contribution in [0.2, 0.25) is 0 Å². The zero-order valence-electron chi connectivity index (χ0n) is 15.0. The van der Waals surface area contributed by atoms with Gasteiger partial charge >= 0.3 is 0 Å². The van der Waals surface area contributed by atoms with Gasteiger partial charge in [-0.15, -0.1) is 0 Å². The van der Waals surface area contributed by atoms with Crippen LogP contribution in [0.3, 0.4) is 0 Å². The summed E-state index contributed by atoms with van der Waals surface area (Å²) in [7, 11) is 1.71. The average molecular weight is 361 g/mol. The summed E-state index contributed by atoms with van der Waals surface area (Å²) in [6.45, 7) is 4.36. The highest BCUT2D eigenvalue weighted by molar-refractivity contribution is 5.93. The Bertz CT molecular complexity index is 718.